The summed E-state index contributed by atoms with van der Waals surface area (Å²) in [5, 5.41) is 0.412. The van der Waals surface area contributed by atoms with Crippen LogP contribution < -0.4 is 4.74 Å². The number of carbonyl (C=O) groups excluding carboxylic acids is 1. The molecule has 0 aliphatic heterocycles. The molecule has 0 N–H and O–H groups in total. The van der Waals surface area contributed by atoms with Crippen molar-refractivity contribution in [3.63, 3.8) is 0 Å². The van der Waals surface area contributed by atoms with Crippen LogP contribution in [0.5, 0.6) is 5.75 Å². The van der Waals surface area contributed by atoms with E-state index in [-0.39, 0.29) is 11.7 Å². The first-order valence-electron chi connectivity index (χ1n) is 4.04. The maximum absolute atomic E-state index is 11.5. The lowest BCUT2D eigenvalue weighted by Crippen LogP contribution is -2.05. The predicted octanol–water partition coefficient (Wildman–Crippen LogP) is 3.08. The van der Waals surface area contributed by atoms with E-state index in [0.29, 0.717) is 16.3 Å². The topological polar surface area (TPSA) is 26.3 Å². The summed E-state index contributed by atoms with van der Waals surface area (Å²) in [5.74, 6) is 0.142. The van der Waals surface area contributed by atoms with Gasteiger partial charge in [0.2, 0.25) is 0 Å². The molecule has 0 amide bonds. The minimum absolute atomic E-state index is 0.0977. The maximum Gasteiger partial charge on any atom is 0.182 e. The van der Waals surface area contributed by atoms with Crippen LogP contribution in [0.4, 0.5) is 0 Å². The van der Waals surface area contributed by atoms with Crippen LogP contribution in [0.15, 0.2) is 12.1 Å². The first kappa shape index (κ1) is 11.3. The standard InChI is InChI=1S/C10H10Cl2O2/c1-6-3-4-8(14-2)9(10(6)12)7(13)5-11/h3-4H,5H2,1-2H3. The summed E-state index contributed by atoms with van der Waals surface area (Å²) in [5.41, 5.74) is 1.20. The molecule has 0 bridgehead atoms. The van der Waals surface area contributed by atoms with Gasteiger partial charge in [0.25, 0.3) is 0 Å². The summed E-state index contributed by atoms with van der Waals surface area (Å²) >= 11 is 11.5. The van der Waals surface area contributed by atoms with Gasteiger partial charge in [-0.15, -0.1) is 11.6 Å². The molecule has 1 aromatic carbocycles. The molecule has 14 heavy (non-hydrogen) atoms. The molecule has 0 spiro atoms. The minimum Gasteiger partial charge on any atom is -0.496 e. The number of aryl methyl sites for hydroxylation is 1. The van der Waals surface area contributed by atoms with Crippen molar-refractivity contribution in [3.05, 3.63) is 28.3 Å². The van der Waals surface area contributed by atoms with Crippen LogP contribution in [-0.2, 0) is 0 Å². The number of methoxy groups -OCH3 is 1. The highest BCUT2D eigenvalue weighted by atomic mass is 35.5. The van der Waals surface area contributed by atoms with Gasteiger partial charge >= 0.3 is 0 Å². The van der Waals surface area contributed by atoms with Gasteiger partial charge in [-0.1, -0.05) is 17.7 Å². The zero-order valence-corrected chi connectivity index (χ0v) is 9.45. The zero-order valence-electron chi connectivity index (χ0n) is 7.93. The molecule has 0 atom stereocenters. The quantitative estimate of drug-likeness (QED) is 0.592. The Morgan fingerprint density at radius 1 is 1.50 bits per heavy atom. The van der Waals surface area contributed by atoms with Crippen LogP contribution in [0.3, 0.4) is 0 Å². The Balaban J connectivity index is 3.35. The average molecular weight is 233 g/mol. The number of Topliss-reactive ketones (excluding diaryl/α,β-unsaturated/α-hetero) is 1. The highest BCUT2D eigenvalue weighted by Crippen LogP contribution is 2.30. The van der Waals surface area contributed by atoms with Crippen LogP contribution in [0.1, 0.15) is 15.9 Å². The molecule has 0 heterocycles. The average Bonchev–Trinajstić information content (AvgIpc) is 2.20. The molecule has 0 unspecified atom stereocenters. The van der Waals surface area contributed by atoms with Crippen molar-refractivity contribution >= 4 is 29.0 Å². The number of hydrogen-bond acceptors (Lipinski definition) is 2. The molecule has 0 saturated heterocycles. The predicted molar refractivity (Wildman–Crippen MR) is 57.8 cm³/mol. The monoisotopic (exact) mass is 232 g/mol. The summed E-state index contributed by atoms with van der Waals surface area (Å²) in [4.78, 5) is 11.5. The van der Waals surface area contributed by atoms with Gasteiger partial charge in [0, 0.05) is 0 Å². The van der Waals surface area contributed by atoms with Crippen LogP contribution in [0.25, 0.3) is 0 Å². The van der Waals surface area contributed by atoms with E-state index in [0.717, 1.165) is 5.56 Å². The largest absolute Gasteiger partial charge is 0.496 e. The van der Waals surface area contributed by atoms with Crippen molar-refractivity contribution in [1.82, 2.24) is 0 Å². The molecule has 0 aliphatic rings. The smallest absolute Gasteiger partial charge is 0.182 e. The van der Waals surface area contributed by atoms with Crippen molar-refractivity contribution < 1.29 is 9.53 Å². The summed E-state index contributed by atoms with van der Waals surface area (Å²) in [7, 11) is 1.49. The molecule has 2 nitrogen and oxygen atoms in total. The third kappa shape index (κ3) is 2.02. The van der Waals surface area contributed by atoms with Gasteiger partial charge < -0.3 is 4.74 Å². The van der Waals surface area contributed by atoms with Gasteiger partial charge in [0.1, 0.15) is 5.75 Å². The van der Waals surface area contributed by atoms with Gasteiger partial charge in [-0.2, -0.15) is 0 Å². The molecule has 0 aromatic heterocycles. The van der Waals surface area contributed by atoms with E-state index < -0.39 is 0 Å². The molecule has 0 aliphatic carbocycles. The number of benzene rings is 1. The van der Waals surface area contributed by atoms with E-state index in [9.17, 15) is 4.79 Å². The second kappa shape index (κ2) is 4.67. The summed E-state index contributed by atoms with van der Waals surface area (Å²) in [6.07, 6.45) is 0. The third-order valence-electron chi connectivity index (χ3n) is 1.92. The molecule has 0 fully saturated rings. The third-order valence-corrected chi connectivity index (χ3v) is 2.65. The van der Waals surface area contributed by atoms with Crippen LogP contribution in [0, 0.1) is 6.92 Å². The van der Waals surface area contributed by atoms with Crippen LogP contribution in [-0.4, -0.2) is 18.8 Å². The number of halogens is 2. The second-order valence-corrected chi connectivity index (χ2v) is 3.48. The fraction of sp³-hybridized carbons (Fsp3) is 0.300. The van der Waals surface area contributed by atoms with E-state index in [2.05, 4.69) is 0 Å². The molecule has 76 valence electrons. The molecule has 0 radical (unpaired) electrons. The number of ether oxygens (including phenoxy) is 1. The lowest BCUT2D eigenvalue weighted by Gasteiger charge is -2.09. The normalized spacial score (nSPS) is 10.0. The van der Waals surface area contributed by atoms with Gasteiger partial charge in [0.15, 0.2) is 5.78 Å². The van der Waals surface area contributed by atoms with Crippen LogP contribution in [0.2, 0.25) is 5.02 Å². The Morgan fingerprint density at radius 2 is 2.14 bits per heavy atom. The summed E-state index contributed by atoms with van der Waals surface area (Å²) < 4.78 is 5.04. The Kier molecular flexibility index (Phi) is 3.78. The lowest BCUT2D eigenvalue weighted by molar-refractivity contribution is 0.101. The molecule has 4 heteroatoms. The van der Waals surface area contributed by atoms with Crippen molar-refractivity contribution in [3.8, 4) is 5.75 Å². The van der Waals surface area contributed by atoms with E-state index >= 15 is 0 Å². The molecule has 1 rings (SSSR count). The van der Waals surface area contributed by atoms with E-state index in [1.807, 2.05) is 6.92 Å². The van der Waals surface area contributed by atoms with Crippen molar-refractivity contribution in [1.29, 1.82) is 0 Å². The Hall–Kier alpha value is -0.730. The van der Waals surface area contributed by atoms with Gasteiger partial charge in [-0.05, 0) is 18.6 Å². The number of carbonyl (C=O) groups is 1. The van der Waals surface area contributed by atoms with Gasteiger partial charge in [-0.25, -0.2) is 0 Å². The number of ketones is 1. The van der Waals surface area contributed by atoms with Crippen molar-refractivity contribution in [2.45, 2.75) is 6.92 Å². The Morgan fingerprint density at radius 3 is 2.64 bits per heavy atom. The number of hydrogen-bond donors (Lipinski definition) is 0. The second-order valence-electron chi connectivity index (χ2n) is 2.83. The maximum atomic E-state index is 11.5. The van der Waals surface area contributed by atoms with Crippen molar-refractivity contribution in [2.75, 3.05) is 13.0 Å². The van der Waals surface area contributed by atoms with Crippen LogP contribution >= 0.6 is 23.2 Å². The molecular weight excluding hydrogens is 223 g/mol. The fourth-order valence-electron chi connectivity index (χ4n) is 1.16. The first-order valence-corrected chi connectivity index (χ1v) is 4.95. The Labute approximate surface area is 92.8 Å². The minimum atomic E-state index is -0.225. The first-order chi connectivity index (χ1) is 6.61. The van der Waals surface area contributed by atoms with Crippen molar-refractivity contribution in [2.24, 2.45) is 0 Å². The fourth-order valence-corrected chi connectivity index (χ4v) is 1.55. The summed E-state index contributed by atoms with van der Waals surface area (Å²) in [6, 6.07) is 3.51. The molecular formula is C10H10Cl2O2. The Bertz CT molecular complexity index is 361. The highest BCUT2D eigenvalue weighted by molar-refractivity contribution is 6.38. The molecule has 0 saturated carbocycles. The SMILES string of the molecule is COc1ccc(C)c(Cl)c1C(=O)CCl. The number of alkyl halides is 1. The highest BCUT2D eigenvalue weighted by Gasteiger charge is 2.16. The zero-order chi connectivity index (χ0) is 10.7. The van der Waals surface area contributed by atoms with E-state index in [4.69, 9.17) is 27.9 Å². The van der Waals surface area contributed by atoms with E-state index in [1.165, 1.54) is 7.11 Å². The molecule has 1 aromatic rings. The van der Waals surface area contributed by atoms with Gasteiger partial charge in [0.05, 0.1) is 23.6 Å². The van der Waals surface area contributed by atoms with E-state index in [1.54, 1.807) is 12.1 Å². The van der Waals surface area contributed by atoms with Gasteiger partial charge in [-0.3, -0.25) is 4.79 Å². The summed E-state index contributed by atoms with van der Waals surface area (Å²) in [6.45, 7) is 1.83. The number of rotatable bonds is 3. The lowest BCUT2D eigenvalue weighted by atomic mass is 10.1.